The molecule has 31 heavy (non-hydrogen) atoms. The third kappa shape index (κ3) is 16.0. The first-order valence-electron chi connectivity index (χ1n) is 10.5. The van der Waals surface area contributed by atoms with Gasteiger partial charge in [-0.25, -0.2) is 16.8 Å². The average Bonchev–Trinajstić information content (AvgIpc) is 3.11. The molecule has 0 atom stereocenters. The van der Waals surface area contributed by atoms with Crippen LogP contribution in [0, 0.1) is 0 Å². The number of rotatable bonds is 8. The molecule has 9 heteroatoms. The Kier molecular flexibility index (Phi) is 14.6. The largest absolute Gasteiger partial charge is 0.748 e. The Morgan fingerprint density at radius 2 is 1.06 bits per heavy atom. The summed E-state index contributed by atoms with van der Waals surface area (Å²) in [5.74, 6) is 0. The van der Waals surface area contributed by atoms with Gasteiger partial charge < -0.3 is 9.11 Å². The van der Waals surface area contributed by atoms with Crippen LogP contribution in [0.2, 0.25) is 0 Å². The number of hydrogen-bond donors (Lipinski definition) is 0. The molecule has 2 rings (SSSR count). The molecule has 6 nitrogen and oxygen atoms in total. The normalized spacial score (nSPS) is 16.1. The van der Waals surface area contributed by atoms with Gasteiger partial charge in [-0.3, -0.25) is 0 Å². The smallest absolute Gasteiger partial charge is 0.0916 e. The molecule has 0 saturated heterocycles. The molecule has 2 aliphatic carbocycles. The summed E-state index contributed by atoms with van der Waals surface area (Å²) < 4.78 is 58.3. The molecular formula is C22H36HfO6S2. The fraction of sp³-hybridized carbons (Fsp3) is 0.636. The third-order valence-electron chi connectivity index (χ3n) is 4.77. The Morgan fingerprint density at radius 1 is 0.774 bits per heavy atom. The molecule has 0 aromatic heterocycles. The van der Waals surface area contributed by atoms with Crippen molar-refractivity contribution in [2.24, 2.45) is 0 Å². The number of hydrogen-bond acceptors (Lipinski definition) is 6. The van der Waals surface area contributed by atoms with Gasteiger partial charge in [0.15, 0.2) is 0 Å². The fourth-order valence-corrected chi connectivity index (χ4v) is 9.49. The Morgan fingerprint density at radius 3 is 1.32 bits per heavy atom. The Bertz CT molecular complexity index is 831. The van der Waals surface area contributed by atoms with Crippen LogP contribution >= 0.6 is 0 Å². The quantitative estimate of drug-likeness (QED) is 0.274. The minimum absolute atomic E-state index is 0.604. The molecule has 0 aromatic carbocycles. The first-order valence-corrected chi connectivity index (χ1v) is 17.8. The van der Waals surface area contributed by atoms with Crippen molar-refractivity contribution in [3.8, 4) is 0 Å². The van der Waals surface area contributed by atoms with Crippen molar-refractivity contribution in [2.75, 3.05) is 12.5 Å². The van der Waals surface area contributed by atoms with E-state index in [1.165, 1.54) is 51.4 Å². The van der Waals surface area contributed by atoms with Gasteiger partial charge in [0, 0.05) is 12.5 Å². The zero-order valence-electron chi connectivity index (χ0n) is 19.6. The minimum atomic E-state index is -3.92. The second-order valence-corrected chi connectivity index (χ2v) is 15.9. The molecule has 2 aliphatic rings. The van der Waals surface area contributed by atoms with Crippen molar-refractivity contribution in [3.05, 3.63) is 41.1 Å². The molecule has 0 aromatic rings. The van der Waals surface area contributed by atoms with Crippen molar-refractivity contribution in [2.45, 2.75) is 79.1 Å². The summed E-state index contributed by atoms with van der Waals surface area (Å²) >= 11 is -0.768. The van der Waals surface area contributed by atoms with Crippen LogP contribution in [0.1, 0.15) is 79.1 Å². The molecule has 0 N–H and O–H groups in total. The minimum Gasteiger partial charge on any atom is -0.748 e. The van der Waals surface area contributed by atoms with E-state index in [4.69, 9.17) is 25.9 Å². The van der Waals surface area contributed by atoms with Crippen molar-refractivity contribution < 1.29 is 48.8 Å². The van der Waals surface area contributed by atoms with Crippen LogP contribution in [0.3, 0.4) is 0 Å². The molecule has 0 aliphatic heterocycles. The molecule has 0 spiro atoms. The van der Waals surface area contributed by atoms with Crippen LogP contribution in [0.15, 0.2) is 41.1 Å². The Hall–Kier alpha value is -0.350. The molecule has 0 fully saturated rings. The summed E-state index contributed by atoms with van der Waals surface area (Å²) in [6.45, 7) is 9.30. The van der Waals surface area contributed by atoms with E-state index in [0.717, 1.165) is 0 Å². The van der Waals surface area contributed by atoms with Gasteiger partial charge in [0.2, 0.25) is 0 Å². The van der Waals surface area contributed by atoms with Gasteiger partial charge in [-0.2, -0.15) is 0 Å². The summed E-state index contributed by atoms with van der Waals surface area (Å²) in [6, 6.07) is 0. The van der Waals surface area contributed by atoms with Gasteiger partial charge in [-0.15, -0.1) is 0 Å². The zero-order valence-corrected chi connectivity index (χ0v) is 24.8. The maximum Gasteiger partial charge on any atom is 0.0916 e. The van der Waals surface area contributed by atoms with E-state index < -0.39 is 43.1 Å². The van der Waals surface area contributed by atoms with Crippen LogP contribution in [0.4, 0.5) is 0 Å². The van der Waals surface area contributed by atoms with E-state index in [1.54, 1.807) is 22.3 Å². The first-order chi connectivity index (χ1) is 14.2. The molecule has 0 amide bonds. The Labute approximate surface area is 200 Å². The third-order valence-corrected chi connectivity index (χ3v) is 10.6. The van der Waals surface area contributed by atoms with Gasteiger partial charge in [-0.05, 0) is 0 Å². The maximum absolute atomic E-state index is 9.08. The van der Waals surface area contributed by atoms with E-state index in [2.05, 4.69) is 39.8 Å². The standard InChI is InChI=1S/2C10H15.2CH4O3S.Hf/c2*1-3-4-7-10-8-5-6-9(10)2;2*1-5(2,3)4;/h2*6H,3-5,7H2,1-2H3;2*1H3,(H,2,3,4);/q;;;;+2/p-2. The summed E-state index contributed by atoms with van der Waals surface area (Å²) in [6.07, 6.45) is 16.8. The van der Waals surface area contributed by atoms with Crippen LogP contribution < -0.4 is 0 Å². The predicted octanol–water partition coefficient (Wildman–Crippen LogP) is 4.98. The molecule has 0 bridgehead atoms. The van der Waals surface area contributed by atoms with Crippen molar-refractivity contribution in [1.29, 1.82) is 0 Å². The molecule has 176 valence electrons. The van der Waals surface area contributed by atoms with Crippen LogP contribution in [-0.4, -0.2) is 38.5 Å². The number of allylic oxidation sites excluding steroid dienone is 8. The van der Waals surface area contributed by atoms with Crippen LogP contribution in [0.25, 0.3) is 0 Å². The molecule has 0 radical (unpaired) electrons. The van der Waals surface area contributed by atoms with Crippen molar-refractivity contribution >= 4 is 20.2 Å². The molecule has 0 heterocycles. The van der Waals surface area contributed by atoms with E-state index in [1.807, 2.05) is 6.66 Å². The Balaban J connectivity index is 0.000000752. The fourth-order valence-electron chi connectivity index (χ4n) is 3.32. The second-order valence-electron chi connectivity index (χ2n) is 7.84. The van der Waals surface area contributed by atoms with E-state index in [-0.39, 0.29) is 0 Å². The SMILES string of the molecule is CCCCC1=[C]([Hf+2][C]2=C(CCCC)C(C)=CC2)CC=C1C.CS(=O)(=O)[O-].CS(=O)(=O)[O-]. The topological polar surface area (TPSA) is 114 Å². The molecule has 0 saturated carbocycles. The van der Waals surface area contributed by atoms with Gasteiger partial charge >= 0.3 is 143 Å². The zero-order chi connectivity index (χ0) is 24.2. The first kappa shape index (κ1) is 30.7. The van der Waals surface area contributed by atoms with E-state index >= 15 is 0 Å². The summed E-state index contributed by atoms with van der Waals surface area (Å²) in [4.78, 5) is 0. The summed E-state index contributed by atoms with van der Waals surface area (Å²) in [7, 11) is -7.83. The second kappa shape index (κ2) is 14.7. The predicted molar refractivity (Wildman–Crippen MR) is 121 cm³/mol. The number of unbranched alkanes of at least 4 members (excludes halogenated alkanes) is 2. The van der Waals surface area contributed by atoms with Gasteiger partial charge in [0.05, 0.1) is 20.2 Å². The summed E-state index contributed by atoms with van der Waals surface area (Å²) in [5.41, 5.74) is 6.74. The van der Waals surface area contributed by atoms with Crippen LogP contribution in [-0.2, 0) is 43.1 Å². The van der Waals surface area contributed by atoms with Crippen molar-refractivity contribution in [1.82, 2.24) is 0 Å². The summed E-state index contributed by atoms with van der Waals surface area (Å²) in [5, 5.41) is 0. The van der Waals surface area contributed by atoms with E-state index in [9.17, 15) is 0 Å². The molecule has 0 unspecified atom stereocenters. The maximum atomic E-state index is 9.08. The molecular weight excluding hydrogens is 603 g/mol. The average molecular weight is 639 g/mol. The van der Waals surface area contributed by atoms with Gasteiger partial charge in [-0.1, -0.05) is 0 Å². The van der Waals surface area contributed by atoms with Gasteiger partial charge in [0.25, 0.3) is 0 Å². The monoisotopic (exact) mass is 640 g/mol. The van der Waals surface area contributed by atoms with Crippen LogP contribution in [0.5, 0.6) is 0 Å². The van der Waals surface area contributed by atoms with Crippen molar-refractivity contribution in [3.63, 3.8) is 0 Å². The van der Waals surface area contributed by atoms with Gasteiger partial charge in [0.1, 0.15) is 0 Å². The van der Waals surface area contributed by atoms with E-state index in [0.29, 0.717) is 12.5 Å².